The number of H-pyrrole nitrogens is 1. The summed E-state index contributed by atoms with van der Waals surface area (Å²) in [5.41, 5.74) is 6.62. The number of fused-ring (bicyclic) bond motifs is 1. The van der Waals surface area contributed by atoms with Gasteiger partial charge in [0.2, 0.25) is 5.91 Å². The molecule has 152 valence electrons. The van der Waals surface area contributed by atoms with Crippen LogP contribution in [-0.2, 0) is 23.2 Å². The van der Waals surface area contributed by atoms with E-state index >= 15 is 0 Å². The van der Waals surface area contributed by atoms with Crippen LogP contribution in [0.4, 0.5) is 0 Å². The highest BCUT2D eigenvalue weighted by Gasteiger charge is 2.61. The summed E-state index contributed by atoms with van der Waals surface area (Å²) in [5, 5.41) is 0. The Hall–Kier alpha value is -2.10. The molecule has 0 radical (unpaired) electrons. The van der Waals surface area contributed by atoms with Gasteiger partial charge in [0.25, 0.3) is 0 Å². The highest BCUT2D eigenvalue weighted by molar-refractivity contribution is 5.84. The zero-order chi connectivity index (χ0) is 19.8. The van der Waals surface area contributed by atoms with Crippen LogP contribution in [-0.4, -0.2) is 27.3 Å². The molecule has 29 heavy (non-hydrogen) atoms. The zero-order valence-electron chi connectivity index (χ0n) is 17.6. The van der Waals surface area contributed by atoms with Gasteiger partial charge in [-0.15, -0.1) is 0 Å². The van der Waals surface area contributed by atoms with Gasteiger partial charge in [0.05, 0.1) is 29.7 Å². The van der Waals surface area contributed by atoms with Gasteiger partial charge in [-0.3, -0.25) is 4.79 Å². The number of aryl methyl sites for hydroxylation is 2. The second kappa shape index (κ2) is 5.96. The first-order valence-corrected chi connectivity index (χ1v) is 11.3. The summed E-state index contributed by atoms with van der Waals surface area (Å²) in [6.45, 7) is 5.96. The van der Waals surface area contributed by atoms with Crippen molar-refractivity contribution in [2.75, 3.05) is 6.54 Å². The van der Waals surface area contributed by atoms with Crippen molar-refractivity contribution >= 4 is 5.91 Å². The molecule has 2 heterocycles. The average Bonchev–Trinajstić information content (AvgIpc) is 3.16. The number of aromatic nitrogens is 2. The second-order valence-electron chi connectivity index (χ2n) is 10.6. The standard InChI is InChI=1S/C25H31N3O/c1-16-3-4-20(7-17(16)2)24-9-18-8-19(10-24)12-25(11-18,14-24)23(29)28-6-5-21-22(13-28)27-15-26-21/h3-4,7,15,18-19H,5-6,8-14H2,1-2H3,(H,26,27). The van der Waals surface area contributed by atoms with Crippen LogP contribution < -0.4 is 0 Å². The topological polar surface area (TPSA) is 49.0 Å². The monoisotopic (exact) mass is 389 g/mol. The molecular formula is C25H31N3O. The Balaban J connectivity index is 1.35. The van der Waals surface area contributed by atoms with E-state index in [9.17, 15) is 4.79 Å². The van der Waals surface area contributed by atoms with Crippen LogP contribution in [0.2, 0.25) is 0 Å². The van der Waals surface area contributed by atoms with Crippen LogP contribution in [0.3, 0.4) is 0 Å². The molecule has 0 saturated heterocycles. The maximum Gasteiger partial charge on any atom is 0.229 e. The zero-order valence-corrected chi connectivity index (χ0v) is 17.6. The van der Waals surface area contributed by atoms with Crippen LogP contribution in [0, 0.1) is 31.1 Å². The van der Waals surface area contributed by atoms with Gasteiger partial charge in [-0.1, -0.05) is 18.2 Å². The smallest absolute Gasteiger partial charge is 0.229 e. The number of carbonyl (C=O) groups excluding carboxylic acids is 1. The second-order valence-corrected chi connectivity index (χ2v) is 10.6. The van der Waals surface area contributed by atoms with Crippen molar-refractivity contribution in [3.05, 3.63) is 52.6 Å². The van der Waals surface area contributed by atoms with E-state index in [0.29, 0.717) is 24.3 Å². The first-order valence-electron chi connectivity index (χ1n) is 11.3. The fourth-order valence-electron chi connectivity index (χ4n) is 7.64. The van der Waals surface area contributed by atoms with Gasteiger partial charge in [0.1, 0.15) is 0 Å². The Morgan fingerprint density at radius 2 is 1.93 bits per heavy atom. The minimum Gasteiger partial charge on any atom is -0.347 e. The number of benzene rings is 1. The number of carbonyl (C=O) groups is 1. The van der Waals surface area contributed by atoms with E-state index < -0.39 is 0 Å². The molecule has 2 aromatic rings. The van der Waals surface area contributed by atoms with Crippen LogP contribution >= 0.6 is 0 Å². The molecule has 2 unspecified atom stereocenters. The quantitative estimate of drug-likeness (QED) is 0.825. The van der Waals surface area contributed by atoms with Crippen LogP contribution in [0.15, 0.2) is 24.5 Å². The van der Waals surface area contributed by atoms with Crippen molar-refractivity contribution in [1.29, 1.82) is 0 Å². The van der Waals surface area contributed by atoms with E-state index in [1.165, 1.54) is 36.0 Å². The van der Waals surface area contributed by atoms with Crippen LogP contribution in [0.1, 0.15) is 66.6 Å². The van der Waals surface area contributed by atoms with Gasteiger partial charge in [0, 0.05) is 13.0 Å². The summed E-state index contributed by atoms with van der Waals surface area (Å²) in [7, 11) is 0. The lowest BCUT2D eigenvalue weighted by molar-refractivity contribution is -0.161. The van der Waals surface area contributed by atoms with Gasteiger partial charge in [-0.05, 0) is 86.3 Å². The van der Waals surface area contributed by atoms with Crippen molar-refractivity contribution < 1.29 is 4.79 Å². The Kier molecular flexibility index (Phi) is 3.65. The molecule has 5 aliphatic rings. The molecule has 4 heteroatoms. The van der Waals surface area contributed by atoms with E-state index in [4.69, 9.17) is 0 Å². The van der Waals surface area contributed by atoms with Crippen molar-refractivity contribution in [1.82, 2.24) is 14.9 Å². The van der Waals surface area contributed by atoms with Gasteiger partial charge >= 0.3 is 0 Å². The molecule has 0 spiro atoms. The molecule has 1 amide bonds. The van der Waals surface area contributed by atoms with Crippen molar-refractivity contribution in [2.45, 2.75) is 70.8 Å². The molecule has 1 aromatic heterocycles. The summed E-state index contributed by atoms with van der Waals surface area (Å²) in [6, 6.07) is 7.09. The number of hydrogen-bond acceptors (Lipinski definition) is 2. The van der Waals surface area contributed by atoms with Gasteiger partial charge in [-0.25, -0.2) is 4.98 Å². The summed E-state index contributed by atoms with van der Waals surface area (Å²) < 4.78 is 0. The third kappa shape index (κ3) is 2.57. The van der Waals surface area contributed by atoms with Crippen molar-refractivity contribution in [2.24, 2.45) is 17.3 Å². The summed E-state index contributed by atoms with van der Waals surface area (Å²) in [4.78, 5) is 23.8. The lowest BCUT2D eigenvalue weighted by atomic mass is 9.42. The number of rotatable bonds is 2. The Labute approximate surface area is 173 Å². The maximum absolute atomic E-state index is 14.0. The fourth-order valence-corrected chi connectivity index (χ4v) is 7.64. The normalized spacial score (nSPS) is 35.0. The number of amides is 1. The molecule has 1 aromatic carbocycles. The fraction of sp³-hybridized carbons (Fsp3) is 0.600. The molecule has 1 N–H and O–H groups in total. The molecule has 7 rings (SSSR count). The lowest BCUT2D eigenvalue weighted by Gasteiger charge is -2.62. The van der Waals surface area contributed by atoms with E-state index in [1.54, 1.807) is 6.33 Å². The molecule has 4 fully saturated rings. The average molecular weight is 390 g/mol. The van der Waals surface area contributed by atoms with Crippen molar-refractivity contribution in [3.63, 3.8) is 0 Å². The minimum atomic E-state index is -0.138. The Bertz CT molecular complexity index is 976. The number of nitrogens with zero attached hydrogens (tertiary/aromatic N) is 2. The molecule has 4 bridgehead atoms. The first-order chi connectivity index (χ1) is 14.0. The molecule has 4 saturated carbocycles. The first kappa shape index (κ1) is 17.7. The number of nitrogens with one attached hydrogen (secondary N) is 1. The summed E-state index contributed by atoms with van der Waals surface area (Å²) >= 11 is 0. The molecule has 4 nitrogen and oxygen atoms in total. The number of imidazole rings is 1. The Morgan fingerprint density at radius 1 is 1.14 bits per heavy atom. The molecular weight excluding hydrogens is 358 g/mol. The SMILES string of the molecule is Cc1ccc(C23CC4CC(CC(C(=O)N5CCc6nc[nH]c6C5)(C4)C2)C3)cc1C. The van der Waals surface area contributed by atoms with Gasteiger partial charge in [-0.2, -0.15) is 0 Å². The lowest BCUT2D eigenvalue weighted by Crippen LogP contribution is -2.60. The number of hydrogen-bond donors (Lipinski definition) is 1. The summed E-state index contributed by atoms with van der Waals surface area (Å²) in [6.07, 6.45) is 9.85. The predicted octanol–water partition coefficient (Wildman–Crippen LogP) is 4.45. The largest absolute Gasteiger partial charge is 0.347 e. The van der Waals surface area contributed by atoms with E-state index in [2.05, 4.69) is 46.9 Å². The third-order valence-electron chi connectivity index (χ3n) is 8.70. The predicted molar refractivity (Wildman–Crippen MR) is 112 cm³/mol. The van der Waals surface area contributed by atoms with E-state index in [1.807, 2.05) is 0 Å². The van der Waals surface area contributed by atoms with E-state index in [0.717, 1.165) is 43.6 Å². The van der Waals surface area contributed by atoms with Gasteiger partial charge < -0.3 is 9.88 Å². The minimum absolute atomic E-state index is 0.138. The van der Waals surface area contributed by atoms with Gasteiger partial charge in [0.15, 0.2) is 0 Å². The molecule has 2 atom stereocenters. The summed E-state index contributed by atoms with van der Waals surface area (Å²) in [5.74, 6) is 1.86. The molecule has 1 aliphatic heterocycles. The van der Waals surface area contributed by atoms with E-state index in [-0.39, 0.29) is 10.8 Å². The highest BCUT2D eigenvalue weighted by atomic mass is 16.2. The van der Waals surface area contributed by atoms with Crippen LogP contribution in [0.5, 0.6) is 0 Å². The van der Waals surface area contributed by atoms with Crippen LogP contribution in [0.25, 0.3) is 0 Å². The number of aromatic amines is 1. The molecule has 4 aliphatic carbocycles. The van der Waals surface area contributed by atoms with Crippen molar-refractivity contribution in [3.8, 4) is 0 Å². The maximum atomic E-state index is 14.0. The highest BCUT2D eigenvalue weighted by Crippen LogP contribution is 2.66. The third-order valence-corrected chi connectivity index (χ3v) is 8.70. The Morgan fingerprint density at radius 3 is 2.69 bits per heavy atom.